The van der Waals surface area contributed by atoms with Crippen molar-refractivity contribution < 1.29 is 52.7 Å². The number of benzene rings is 2. The second-order valence-electron chi connectivity index (χ2n) is 26.8. The van der Waals surface area contributed by atoms with Gasteiger partial charge in [-0.05, 0) is 124 Å². The molecule has 0 aliphatic carbocycles. The third kappa shape index (κ3) is 19.3. The van der Waals surface area contributed by atoms with Crippen molar-refractivity contribution in [3.8, 4) is 0 Å². The molecule has 4 fully saturated rings. The summed E-state index contributed by atoms with van der Waals surface area (Å²) < 4.78 is 0. The Morgan fingerprint density at radius 3 is 1.52 bits per heavy atom. The number of fused-ring (bicyclic) bond motifs is 4. The number of carbonyl (C=O) groups excluding carboxylic acids is 11. The SMILES string of the molecule is CC(C)C[C@@H]1NC(=O)[C@H](CCCN)NC(=O)[C@H](C(C)C)NC(=O)[C@@H]2CCCN2C(=O)[C@@H](Cc2ccccc2)N2CC(C)C[C@H](NC(=O)[C@H](CCCN)NC(=O)[C@H](C(C)C)NC(=O)[C@@H]3CCCN3C(=O)[C@@H](Cc3ccc(NC(=O)C(C)(C)C)cc3)NC1=O)C2=O. The van der Waals surface area contributed by atoms with Crippen molar-refractivity contribution in [2.45, 2.75) is 207 Å². The van der Waals surface area contributed by atoms with Crippen LogP contribution in [0.5, 0.6) is 0 Å². The standard InChI is InChI=1S/C65H99N13O11/c1-37(2)32-46-56(81)73-48(34-42-24-26-43(27-25-42)68-64(89)65(8,9)10)61(86)76-30-16-22-49(76)57(82)74-52(38(3)4)60(85)70-45(21-15-29-67)55(80)72-47-33-40(7)36-78(62(47)87)51(35-41-18-12-11-13-19-41)63(88)77-31-17-23-50(77)58(83)75-53(39(5)6)59(84)69-44(20-14-28-66)54(79)71-46/h11-13,18-19,24-27,37-40,44-53H,14-17,20-23,28-36,66-67H2,1-10H3,(H,68,89)(H,69,84)(H,70,85)(H,71,79)(H,72,80)(H,73,81)(H,74,82)(H,75,83)/t40?,44-,45-,46-,47-,48+,49-,50-,51+,52-,53-/m0/s1. The fourth-order valence-corrected chi connectivity index (χ4v) is 12.0. The maximum absolute atomic E-state index is 15.3. The lowest BCUT2D eigenvalue weighted by Gasteiger charge is -2.42. The molecule has 4 aliphatic heterocycles. The van der Waals surface area contributed by atoms with Gasteiger partial charge in [-0.2, -0.15) is 0 Å². The number of amides is 11. The third-order valence-electron chi connectivity index (χ3n) is 17.1. The van der Waals surface area contributed by atoms with E-state index in [9.17, 15) is 43.2 Å². The highest BCUT2D eigenvalue weighted by Gasteiger charge is 2.46. The molecule has 4 aliphatic rings. The van der Waals surface area contributed by atoms with Crippen LogP contribution in [0.25, 0.3) is 0 Å². The van der Waals surface area contributed by atoms with Crippen molar-refractivity contribution in [1.29, 1.82) is 0 Å². The first-order valence-electron chi connectivity index (χ1n) is 32.0. The highest BCUT2D eigenvalue weighted by atomic mass is 16.2. The van der Waals surface area contributed by atoms with E-state index in [2.05, 4.69) is 42.5 Å². The molecule has 490 valence electrons. The molecule has 0 spiro atoms. The summed E-state index contributed by atoms with van der Waals surface area (Å²) in [5, 5.41) is 22.9. The third-order valence-corrected chi connectivity index (χ3v) is 17.1. The van der Waals surface area contributed by atoms with Crippen molar-refractivity contribution in [3.05, 3.63) is 65.7 Å². The average Bonchev–Trinajstić information content (AvgIpc) is 2.04. The van der Waals surface area contributed by atoms with E-state index in [4.69, 9.17) is 11.5 Å². The van der Waals surface area contributed by atoms with Crippen LogP contribution in [-0.4, -0.2) is 173 Å². The Balaban J connectivity index is 1.41. The van der Waals surface area contributed by atoms with Gasteiger partial charge in [-0.25, -0.2) is 0 Å². The zero-order valence-corrected chi connectivity index (χ0v) is 53.8. The Labute approximate surface area is 524 Å². The van der Waals surface area contributed by atoms with E-state index in [1.807, 2.05) is 51.1 Å². The van der Waals surface area contributed by atoms with Gasteiger partial charge in [-0.1, -0.05) is 112 Å². The van der Waals surface area contributed by atoms with Gasteiger partial charge in [0, 0.05) is 43.6 Å². The summed E-state index contributed by atoms with van der Waals surface area (Å²) in [4.78, 5) is 165. The highest BCUT2D eigenvalue weighted by Crippen LogP contribution is 2.28. The van der Waals surface area contributed by atoms with E-state index >= 15 is 9.59 Å². The minimum absolute atomic E-state index is 0.0504. The Hall–Kier alpha value is -7.47. The van der Waals surface area contributed by atoms with Gasteiger partial charge in [0.2, 0.25) is 65.0 Å². The first kappa shape index (κ1) is 70.6. The van der Waals surface area contributed by atoms with Crippen LogP contribution in [0, 0.1) is 29.1 Å². The lowest BCUT2D eigenvalue weighted by Crippen LogP contribution is -2.64. The second-order valence-corrected chi connectivity index (χ2v) is 26.8. The molecule has 0 aromatic heterocycles. The molecule has 11 atom stereocenters. The summed E-state index contributed by atoms with van der Waals surface area (Å²) in [6.07, 6.45) is 2.29. The van der Waals surface area contributed by atoms with Crippen LogP contribution in [0.1, 0.15) is 145 Å². The zero-order chi connectivity index (χ0) is 65.4. The molecule has 2 aromatic rings. The van der Waals surface area contributed by atoms with Crippen molar-refractivity contribution in [3.63, 3.8) is 0 Å². The van der Waals surface area contributed by atoms with Crippen molar-refractivity contribution >= 4 is 70.7 Å². The van der Waals surface area contributed by atoms with Crippen LogP contribution in [-0.2, 0) is 65.6 Å². The number of rotatable bonds is 15. The molecule has 0 saturated carbocycles. The van der Waals surface area contributed by atoms with E-state index in [0.717, 1.165) is 5.56 Å². The average molecular weight is 1240 g/mol. The Morgan fingerprint density at radius 1 is 0.551 bits per heavy atom. The van der Waals surface area contributed by atoms with Crippen LogP contribution in [0.15, 0.2) is 54.6 Å². The van der Waals surface area contributed by atoms with E-state index in [0.29, 0.717) is 30.5 Å². The molecule has 89 heavy (non-hydrogen) atoms. The van der Waals surface area contributed by atoms with Gasteiger partial charge in [-0.3, -0.25) is 52.7 Å². The van der Waals surface area contributed by atoms with Gasteiger partial charge < -0.3 is 68.7 Å². The molecule has 6 rings (SSSR count). The Bertz CT molecular complexity index is 2830. The van der Waals surface area contributed by atoms with Gasteiger partial charge in [0.1, 0.15) is 60.4 Å². The molecule has 4 heterocycles. The maximum atomic E-state index is 15.3. The Kier molecular flexibility index (Phi) is 25.6. The fourth-order valence-electron chi connectivity index (χ4n) is 12.0. The number of hydrogen-bond donors (Lipinski definition) is 10. The summed E-state index contributed by atoms with van der Waals surface area (Å²) in [5.74, 6) is -8.11. The summed E-state index contributed by atoms with van der Waals surface area (Å²) in [7, 11) is 0. The van der Waals surface area contributed by atoms with E-state index in [1.165, 1.54) is 14.7 Å². The Morgan fingerprint density at radius 2 is 1.02 bits per heavy atom. The number of anilines is 1. The number of piperidine rings is 1. The van der Waals surface area contributed by atoms with Crippen LogP contribution in [0.2, 0.25) is 0 Å². The number of hydrogen-bond acceptors (Lipinski definition) is 13. The molecular formula is C65H99N13O11. The molecule has 12 N–H and O–H groups in total. The molecule has 2 aromatic carbocycles. The monoisotopic (exact) mass is 1240 g/mol. The van der Waals surface area contributed by atoms with Gasteiger partial charge in [0.05, 0.1) is 0 Å². The first-order chi connectivity index (χ1) is 42.1. The van der Waals surface area contributed by atoms with Crippen molar-refractivity contribution in [2.24, 2.45) is 40.6 Å². The van der Waals surface area contributed by atoms with E-state index < -0.39 is 137 Å². The summed E-state index contributed by atoms with van der Waals surface area (Å²) in [6, 6.07) is 4.04. The molecule has 0 radical (unpaired) electrons. The van der Waals surface area contributed by atoms with E-state index in [-0.39, 0.29) is 108 Å². The van der Waals surface area contributed by atoms with Crippen LogP contribution in [0.3, 0.4) is 0 Å². The molecule has 24 heteroatoms. The minimum atomic E-state index is -1.32. The van der Waals surface area contributed by atoms with Crippen molar-refractivity contribution in [2.75, 3.05) is 38.0 Å². The predicted octanol–water partition coefficient (Wildman–Crippen LogP) is 1.92. The smallest absolute Gasteiger partial charge is 0.246 e. The van der Waals surface area contributed by atoms with E-state index in [1.54, 1.807) is 72.7 Å². The van der Waals surface area contributed by atoms with Gasteiger partial charge in [-0.15, -0.1) is 0 Å². The normalized spacial score (nSPS) is 27.0. The maximum Gasteiger partial charge on any atom is 0.246 e. The molecule has 2 bridgehead atoms. The molecular weight excluding hydrogens is 1140 g/mol. The lowest BCUT2D eigenvalue weighted by atomic mass is 9.91. The van der Waals surface area contributed by atoms with Gasteiger partial charge in [0.15, 0.2) is 0 Å². The summed E-state index contributed by atoms with van der Waals surface area (Å²) in [5.41, 5.74) is 13.1. The van der Waals surface area contributed by atoms with Crippen molar-refractivity contribution in [1.82, 2.24) is 51.9 Å². The molecule has 11 amide bonds. The quantitative estimate of drug-likeness (QED) is 0.122. The number of nitrogens with two attached hydrogens (primary N) is 2. The zero-order valence-electron chi connectivity index (χ0n) is 53.8. The largest absolute Gasteiger partial charge is 0.343 e. The highest BCUT2D eigenvalue weighted by molar-refractivity contribution is 6.00. The van der Waals surface area contributed by atoms with Crippen LogP contribution >= 0.6 is 0 Å². The molecule has 1 unspecified atom stereocenters. The number of nitrogens with zero attached hydrogens (tertiary/aromatic N) is 3. The van der Waals surface area contributed by atoms with Crippen LogP contribution < -0.4 is 54.0 Å². The minimum Gasteiger partial charge on any atom is -0.343 e. The van der Waals surface area contributed by atoms with Crippen LogP contribution in [0.4, 0.5) is 5.69 Å². The number of carbonyl (C=O) groups is 11. The van der Waals surface area contributed by atoms with Gasteiger partial charge >= 0.3 is 0 Å². The van der Waals surface area contributed by atoms with Gasteiger partial charge in [0.25, 0.3) is 0 Å². The lowest BCUT2D eigenvalue weighted by molar-refractivity contribution is -0.153. The number of nitrogens with one attached hydrogen (secondary N) is 8. The first-order valence-corrected chi connectivity index (χ1v) is 32.0. The summed E-state index contributed by atoms with van der Waals surface area (Å²) >= 11 is 0. The molecule has 24 nitrogen and oxygen atoms in total. The predicted molar refractivity (Wildman–Crippen MR) is 336 cm³/mol. The summed E-state index contributed by atoms with van der Waals surface area (Å²) in [6.45, 7) is 18.6. The molecule has 4 saturated heterocycles. The second kappa shape index (κ2) is 32.3. The topological polar surface area (TPSA) is 346 Å². The fraction of sp³-hybridized carbons (Fsp3) is 0.646.